The first kappa shape index (κ1) is 15.7. The van der Waals surface area contributed by atoms with Gasteiger partial charge in [-0.25, -0.2) is 0 Å². The summed E-state index contributed by atoms with van der Waals surface area (Å²) in [6.45, 7) is 7.63. The largest absolute Gasteiger partial charge is 0.491 e. The molecule has 1 atom stereocenters. The van der Waals surface area contributed by atoms with Crippen LogP contribution in [0.5, 0.6) is 5.75 Å². The zero-order valence-corrected chi connectivity index (χ0v) is 12.2. The molecular formula is C16H26N2O. The smallest absolute Gasteiger partial charge is 0.119 e. The van der Waals surface area contributed by atoms with Gasteiger partial charge in [-0.3, -0.25) is 0 Å². The zero-order chi connectivity index (χ0) is 14.1. The molecule has 0 spiro atoms. The average Bonchev–Trinajstić information content (AvgIpc) is 2.40. The third-order valence-electron chi connectivity index (χ3n) is 2.83. The molecule has 1 aromatic rings. The molecule has 1 unspecified atom stereocenters. The maximum absolute atomic E-state index is 5.83. The minimum absolute atomic E-state index is 0.204. The molecule has 0 aliphatic heterocycles. The Bertz CT molecular complexity index is 371. The lowest BCUT2D eigenvalue weighted by molar-refractivity contribution is 0.242. The Morgan fingerprint density at radius 3 is 2.47 bits per heavy atom. The third-order valence-corrected chi connectivity index (χ3v) is 2.83. The lowest BCUT2D eigenvalue weighted by atomic mass is 10.1. The predicted octanol–water partition coefficient (Wildman–Crippen LogP) is 3.03. The van der Waals surface area contributed by atoms with Gasteiger partial charge in [0, 0.05) is 12.6 Å². The van der Waals surface area contributed by atoms with Crippen LogP contribution in [0.4, 0.5) is 0 Å². The van der Waals surface area contributed by atoms with Crippen molar-refractivity contribution < 1.29 is 4.74 Å². The van der Waals surface area contributed by atoms with Gasteiger partial charge in [0.2, 0.25) is 0 Å². The Morgan fingerprint density at radius 1 is 1.26 bits per heavy atom. The molecule has 19 heavy (non-hydrogen) atoms. The molecule has 0 bridgehead atoms. The highest BCUT2D eigenvalue weighted by molar-refractivity contribution is 5.29. The number of nitrogens with two attached hydrogens (primary N) is 1. The van der Waals surface area contributed by atoms with E-state index in [1.807, 2.05) is 32.9 Å². The van der Waals surface area contributed by atoms with E-state index in [9.17, 15) is 0 Å². The molecule has 1 aromatic carbocycles. The van der Waals surface area contributed by atoms with Crippen LogP contribution in [0.1, 0.15) is 38.8 Å². The molecule has 3 heteroatoms. The molecule has 0 amide bonds. The van der Waals surface area contributed by atoms with E-state index in [4.69, 9.17) is 10.5 Å². The van der Waals surface area contributed by atoms with Crippen molar-refractivity contribution in [2.75, 3.05) is 13.1 Å². The quantitative estimate of drug-likeness (QED) is 0.559. The topological polar surface area (TPSA) is 47.3 Å². The van der Waals surface area contributed by atoms with Crippen molar-refractivity contribution in [2.45, 2.75) is 39.3 Å². The van der Waals surface area contributed by atoms with Crippen LogP contribution in [0.2, 0.25) is 0 Å². The molecule has 3 nitrogen and oxygen atoms in total. The average molecular weight is 262 g/mol. The van der Waals surface area contributed by atoms with E-state index in [0.29, 0.717) is 6.54 Å². The van der Waals surface area contributed by atoms with Gasteiger partial charge in [0.25, 0.3) is 0 Å². The second kappa shape index (κ2) is 8.73. The SMILES string of the molecule is C/C=C/CCNC(CN)c1ccc(OC(C)C)cc1. The number of rotatable bonds is 8. The second-order valence-corrected chi connectivity index (χ2v) is 4.84. The van der Waals surface area contributed by atoms with Crippen molar-refractivity contribution in [3.05, 3.63) is 42.0 Å². The summed E-state index contributed by atoms with van der Waals surface area (Å²) in [5.41, 5.74) is 7.03. The summed E-state index contributed by atoms with van der Waals surface area (Å²) in [5.74, 6) is 0.906. The van der Waals surface area contributed by atoms with Crippen molar-refractivity contribution in [1.29, 1.82) is 0 Å². The summed E-state index contributed by atoms with van der Waals surface area (Å²) in [6, 6.07) is 8.38. The number of nitrogens with one attached hydrogen (secondary N) is 1. The first-order valence-electron chi connectivity index (χ1n) is 6.98. The second-order valence-electron chi connectivity index (χ2n) is 4.84. The monoisotopic (exact) mass is 262 g/mol. The van der Waals surface area contributed by atoms with Gasteiger partial charge in [-0.15, -0.1) is 0 Å². The van der Waals surface area contributed by atoms with E-state index < -0.39 is 0 Å². The van der Waals surface area contributed by atoms with Gasteiger partial charge >= 0.3 is 0 Å². The van der Waals surface area contributed by atoms with Crippen LogP contribution in [0.3, 0.4) is 0 Å². The molecule has 0 saturated heterocycles. The Balaban J connectivity index is 2.55. The number of allylic oxidation sites excluding steroid dienone is 1. The number of hydrogen-bond acceptors (Lipinski definition) is 3. The van der Waals surface area contributed by atoms with Crippen molar-refractivity contribution in [3.63, 3.8) is 0 Å². The summed E-state index contributed by atoms with van der Waals surface area (Å²) in [7, 11) is 0. The first-order valence-corrected chi connectivity index (χ1v) is 6.98. The highest BCUT2D eigenvalue weighted by Crippen LogP contribution is 2.18. The molecule has 0 saturated carbocycles. The number of hydrogen-bond donors (Lipinski definition) is 2. The molecule has 0 radical (unpaired) electrons. The maximum atomic E-state index is 5.83. The first-order chi connectivity index (χ1) is 9.17. The summed E-state index contributed by atoms with van der Waals surface area (Å²) < 4.78 is 5.63. The van der Waals surface area contributed by atoms with Gasteiger partial charge in [-0.1, -0.05) is 24.3 Å². The summed E-state index contributed by atoms with van der Waals surface area (Å²) in [4.78, 5) is 0. The molecule has 106 valence electrons. The lowest BCUT2D eigenvalue weighted by Crippen LogP contribution is -2.28. The van der Waals surface area contributed by atoms with Crippen LogP contribution < -0.4 is 15.8 Å². The minimum atomic E-state index is 0.204. The van der Waals surface area contributed by atoms with Crippen molar-refractivity contribution in [1.82, 2.24) is 5.32 Å². The van der Waals surface area contributed by atoms with E-state index in [1.165, 1.54) is 5.56 Å². The molecule has 3 N–H and O–H groups in total. The molecule has 0 aliphatic carbocycles. The van der Waals surface area contributed by atoms with Gasteiger partial charge in [0.1, 0.15) is 5.75 Å². The molecular weight excluding hydrogens is 236 g/mol. The fourth-order valence-electron chi connectivity index (χ4n) is 1.90. The van der Waals surface area contributed by atoms with E-state index in [2.05, 4.69) is 29.6 Å². The predicted molar refractivity (Wildman–Crippen MR) is 81.4 cm³/mol. The fraction of sp³-hybridized carbons (Fsp3) is 0.500. The van der Waals surface area contributed by atoms with Gasteiger partial charge in [0.05, 0.1) is 6.10 Å². The molecule has 1 rings (SSSR count). The molecule has 0 aromatic heterocycles. The molecule has 0 heterocycles. The summed E-state index contributed by atoms with van der Waals surface area (Å²) in [5, 5.41) is 3.46. The van der Waals surface area contributed by atoms with Crippen LogP contribution in [0.25, 0.3) is 0 Å². The third kappa shape index (κ3) is 5.90. The fourth-order valence-corrected chi connectivity index (χ4v) is 1.90. The maximum Gasteiger partial charge on any atom is 0.119 e. The summed E-state index contributed by atoms with van der Waals surface area (Å²) >= 11 is 0. The Labute approximate surface area is 116 Å². The van der Waals surface area contributed by atoms with Crippen LogP contribution in [-0.2, 0) is 0 Å². The van der Waals surface area contributed by atoms with Gasteiger partial charge in [0.15, 0.2) is 0 Å². The Morgan fingerprint density at radius 2 is 1.95 bits per heavy atom. The van der Waals surface area contributed by atoms with E-state index in [-0.39, 0.29) is 12.1 Å². The summed E-state index contributed by atoms with van der Waals surface area (Å²) in [6.07, 6.45) is 5.45. The van der Waals surface area contributed by atoms with Crippen LogP contribution in [-0.4, -0.2) is 19.2 Å². The van der Waals surface area contributed by atoms with Crippen molar-refractivity contribution >= 4 is 0 Å². The highest BCUT2D eigenvalue weighted by atomic mass is 16.5. The van der Waals surface area contributed by atoms with Crippen molar-refractivity contribution in [2.24, 2.45) is 5.73 Å². The van der Waals surface area contributed by atoms with Crippen LogP contribution in [0.15, 0.2) is 36.4 Å². The van der Waals surface area contributed by atoms with Crippen LogP contribution >= 0.6 is 0 Å². The van der Waals surface area contributed by atoms with E-state index >= 15 is 0 Å². The Hall–Kier alpha value is -1.32. The normalized spacial score (nSPS) is 13.1. The standard InChI is InChI=1S/C16H26N2O/c1-4-5-6-11-18-16(12-17)14-7-9-15(10-8-14)19-13(2)3/h4-5,7-10,13,16,18H,6,11-12,17H2,1-3H3/b5-4+. The Kier molecular flexibility index (Phi) is 7.23. The van der Waals surface area contributed by atoms with Crippen LogP contribution in [0, 0.1) is 0 Å². The zero-order valence-electron chi connectivity index (χ0n) is 12.2. The number of ether oxygens (including phenoxy) is 1. The molecule has 0 fully saturated rings. The lowest BCUT2D eigenvalue weighted by Gasteiger charge is -2.18. The van der Waals surface area contributed by atoms with E-state index in [1.54, 1.807) is 0 Å². The number of benzene rings is 1. The van der Waals surface area contributed by atoms with Crippen molar-refractivity contribution in [3.8, 4) is 5.75 Å². The highest BCUT2D eigenvalue weighted by Gasteiger charge is 2.08. The van der Waals surface area contributed by atoms with Gasteiger partial charge in [-0.05, 0) is 51.4 Å². The van der Waals surface area contributed by atoms with E-state index in [0.717, 1.165) is 18.7 Å². The van der Waals surface area contributed by atoms with Gasteiger partial charge in [-0.2, -0.15) is 0 Å². The van der Waals surface area contributed by atoms with Gasteiger partial charge < -0.3 is 15.8 Å². The minimum Gasteiger partial charge on any atom is -0.491 e. The molecule has 0 aliphatic rings.